The lowest BCUT2D eigenvalue weighted by molar-refractivity contribution is -0.124. The zero-order chi connectivity index (χ0) is 19.4. The highest BCUT2D eigenvalue weighted by atomic mass is 35.5. The van der Waals surface area contributed by atoms with Crippen LogP contribution in [0, 0.1) is 0 Å². The van der Waals surface area contributed by atoms with Crippen molar-refractivity contribution in [3.8, 4) is 0 Å². The number of carbonyl (C=O) groups is 1. The molecular formula is C18H21ClN2O3S3. The Morgan fingerprint density at radius 1 is 1.22 bits per heavy atom. The number of rotatable bonds is 6. The molecule has 9 heteroatoms. The number of thiophene rings is 1. The van der Waals surface area contributed by atoms with Gasteiger partial charge in [-0.2, -0.15) is 4.31 Å². The number of amides is 1. The summed E-state index contributed by atoms with van der Waals surface area (Å²) in [6.45, 7) is 0.758. The first-order valence-corrected chi connectivity index (χ1v) is 12.5. The van der Waals surface area contributed by atoms with Gasteiger partial charge in [-0.3, -0.25) is 4.79 Å². The molecule has 0 aliphatic carbocycles. The second kappa shape index (κ2) is 8.96. The molecule has 1 N–H and O–H groups in total. The third kappa shape index (κ3) is 4.86. The molecule has 1 fully saturated rings. The lowest BCUT2D eigenvalue weighted by Crippen LogP contribution is -2.48. The zero-order valence-electron chi connectivity index (χ0n) is 14.9. The number of sulfonamides is 1. The molecule has 2 aromatic rings. The van der Waals surface area contributed by atoms with Gasteiger partial charge in [0, 0.05) is 23.0 Å². The van der Waals surface area contributed by atoms with Crippen molar-refractivity contribution in [3.63, 3.8) is 0 Å². The van der Waals surface area contributed by atoms with Crippen LogP contribution in [-0.4, -0.2) is 37.5 Å². The fraction of sp³-hybridized carbons (Fsp3) is 0.389. The number of hydrogen-bond acceptors (Lipinski definition) is 5. The van der Waals surface area contributed by atoms with Crippen LogP contribution < -0.4 is 5.32 Å². The highest BCUT2D eigenvalue weighted by molar-refractivity contribution is 8.00. The highest BCUT2D eigenvalue weighted by Gasteiger charge is 2.36. The van der Waals surface area contributed by atoms with E-state index in [9.17, 15) is 13.2 Å². The quantitative estimate of drug-likeness (QED) is 0.684. The van der Waals surface area contributed by atoms with Crippen LogP contribution in [0.15, 0.2) is 45.5 Å². The summed E-state index contributed by atoms with van der Waals surface area (Å²) < 4.78 is 29.2. The average molecular weight is 445 g/mol. The summed E-state index contributed by atoms with van der Waals surface area (Å²) in [6, 6.07) is 9.27. The molecule has 1 aliphatic rings. The summed E-state index contributed by atoms with van der Waals surface area (Å²) in [4.78, 5) is 13.7. The predicted octanol–water partition coefficient (Wildman–Crippen LogP) is 3.98. The number of thioether (sulfide) groups is 1. The Bertz CT molecular complexity index is 897. The zero-order valence-corrected chi connectivity index (χ0v) is 18.1. The number of carbonyl (C=O) groups excluding carboxylic acids is 1. The molecule has 0 saturated carbocycles. The number of nitrogens with zero attached hydrogens (tertiary/aromatic N) is 1. The van der Waals surface area contributed by atoms with Gasteiger partial charge in [-0.25, -0.2) is 8.42 Å². The third-order valence-corrected chi connectivity index (χ3v) is 8.70. The molecule has 146 valence electrons. The van der Waals surface area contributed by atoms with Gasteiger partial charge in [-0.15, -0.1) is 23.1 Å². The number of nitrogens with one attached hydrogen (secondary N) is 1. The topological polar surface area (TPSA) is 66.5 Å². The maximum atomic E-state index is 13.4. The van der Waals surface area contributed by atoms with Gasteiger partial charge in [0.25, 0.3) is 0 Å². The Kier molecular flexibility index (Phi) is 6.86. The monoisotopic (exact) mass is 444 g/mol. The molecule has 1 aromatic carbocycles. The second-order valence-corrected chi connectivity index (χ2v) is 10.8. The van der Waals surface area contributed by atoms with E-state index < -0.39 is 16.1 Å². The molecule has 1 amide bonds. The molecule has 27 heavy (non-hydrogen) atoms. The van der Waals surface area contributed by atoms with Crippen LogP contribution in [0.2, 0.25) is 5.02 Å². The summed E-state index contributed by atoms with van der Waals surface area (Å²) in [6.07, 6.45) is 4.15. The maximum absolute atomic E-state index is 13.4. The van der Waals surface area contributed by atoms with E-state index in [0.717, 1.165) is 21.9 Å². The van der Waals surface area contributed by atoms with E-state index in [1.807, 2.05) is 18.4 Å². The molecule has 5 nitrogen and oxygen atoms in total. The van der Waals surface area contributed by atoms with Gasteiger partial charge in [-0.1, -0.05) is 11.6 Å². The van der Waals surface area contributed by atoms with Crippen LogP contribution in [-0.2, 0) is 21.4 Å². The largest absolute Gasteiger partial charge is 0.355 e. The smallest absolute Gasteiger partial charge is 0.244 e. The predicted molar refractivity (Wildman–Crippen MR) is 111 cm³/mol. The van der Waals surface area contributed by atoms with E-state index in [1.165, 1.54) is 16.4 Å². The maximum Gasteiger partial charge on any atom is 0.244 e. The molecular weight excluding hydrogens is 424 g/mol. The standard InChI is InChI=1S/C18H21ClN2O3S3/c1-25-17-10-7-14(26-17)12-21(16-4-2-3-11-20-18(16)22)27(23,24)15-8-5-13(19)6-9-15/h5-10,16H,2-4,11-12H2,1H3,(H,20,22)/t16-/m1/s1. The second-order valence-electron chi connectivity index (χ2n) is 6.23. The lowest BCUT2D eigenvalue weighted by atomic mass is 10.1. The van der Waals surface area contributed by atoms with Gasteiger partial charge >= 0.3 is 0 Å². The summed E-state index contributed by atoms with van der Waals surface area (Å²) in [5.41, 5.74) is 0. The van der Waals surface area contributed by atoms with Crippen molar-refractivity contribution in [2.24, 2.45) is 0 Å². The van der Waals surface area contributed by atoms with Crippen molar-refractivity contribution in [1.29, 1.82) is 0 Å². The van der Waals surface area contributed by atoms with E-state index in [-0.39, 0.29) is 17.3 Å². The van der Waals surface area contributed by atoms with Crippen molar-refractivity contribution >= 4 is 50.6 Å². The van der Waals surface area contributed by atoms with Gasteiger partial charge in [0.15, 0.2) is 0 Å². The van der Waals surface area contributed by atoms with Crippen LogP contribution in [0.1, 0.15) is 24.1 Å². The first-order valence-electron chi connectivity index (χ1n) is 8.59. The Balaban J connectivity index is 1.99. The van der Waals surface area contributed by atoms with Crippen molar-refractivity contribution in [1.82, 2.24) is 9.62 Å². The van der Waals surface area contributed by atoms with Crippen molar-refractivity contribution in [2.75, 3.05) is 12.8 Å². The molecule has 1 saturated heterocycles. The molecule has 0 bridgehead atoms. The SMILES string of the molecule is CSc1ccc(CN([C@@H]2CCCCNC2=O)S(=O)(=O)c2ccc(Cl)cc2)s1. The summed E-state index contributed by atoms with van der Waals surface area (Å²) in [5.74, 6) is -0.230. The molecule has 1 aliphatic heterocycles. The number of hydrogen-bond donors (Lipinski definition) is 1. The lowest BCUT2D eigenvalue weighted by Gasteiger charge is -2.28. The summed E-state index contributed by atoms with van der Waals surface area (Å²) in [5, 5.41) is 3.31. The third-order valence-electron chi connectivity index (χ3n) is 4.42. The van der Waals surface area contributed by atoms with E-state index in [0.29, 0.717) is 18.0 Å². The molecule has 0 radical (unpaired) electrons. The van der Waals surface area contributed by atoms with Crippen LogP contribution in [0.3, 0.4) is 0 Å². The fourth-order valence-electron chi connectivity index (χ4n) is 3.01. The molecule has 0 unspecified atom stereocenters. The first-order chi connectivity index (χ1) is 12.9. The molecule has 3 rings (SSSR count). The van der Waals surface area contributed by atoms with Gasteiger partial charge in [0.2, 0.25) is 15.9 Å². The van der Waals surface area contributed by atoms with Crippen molar-refractivity contribution in [3.05, 3.63) is 46.3 Å². The number of benzene rings is 1. The minimum Gasteiger partial charge on any atom is -0.355 e. The van der Waals surface area contributed by atoms with Crippen molar-refractivity contribution < 1.29 is 13.2 Å². The van der Waals surface area contributed by atoms with Crippen LogP contribution in [0.4, 0.5) is 0 Å². The molecule has 1 aromatic heterocycles. The molecule has 2 heterocycles. The average Bonchev–Trinajstić information content (AvgIpc) is 3.01. The summed E-state index contributed by atoms with van der Waals surface area (Å²) in [7, 11) is -3.85. The van der Waals surface area contributed by atoms with E-state index in [2.05, 4.69) is 5.32 Å². The normalized spacial score (nSPS) is 18.3. The van der Waals surface area contributed by atoms with E-state index >= 15 is 0 Å². The Hall–Kier alpha value is -1.06. The Labute approximate surface area is 173 Å². The molecule has 0 spiro atoms. The fourth-order valence-corrected chi connectivity index (χ4v) is 6.41. The van der Waals surface area contributed by atoms with Gasteiger partial charge in [-0.05, 0) is 61.9 Å². The van der Waals surface area contributed by atoms with Gasteiger partial charge < -0.3 is 5.32 Å². The highest BCUT2D eigenvalue weighted by Crippen LogP contribution is 2.30. The van der Waals surface area contributed by atoms with Gasteiger partial charge in [0.05, 0.1) is 9.10 Å². The summed E-state index contributed by atoms with van der Waals surface area (Å²) >= 11 is 9.08. The molecule has 1 atom stereocenters. The van der Waals surface area contributed by atoms with Crippen molar-refractivity contribution in [2.45, 2.75) is 41.0 Å². The van der Waals surface area contributed by atoms with E-state index in [1.54, 1.807) is 35.2 Å². The van der Waals surface area contributed by atoms with Gasteiger partial charge in [0.1, 0.15) is 6.04 Å². The first kappa shape index (κ1) is 20.7. The van der Waals surface area contributed by atoms with Crippen LogP contribution in [0.5, 0.6) is 0 Å². The van der Waals surface area contributed by atoms with E-state index in [4.69, 9.17) is 11.6 Å². The Morgan fingerprint density at radius 2 is 1.96 bits per heavy atom. The minimum absolute atomic E-state index is 0.144. The van der Waals surface area contributed by atoms with Crippen LogP contribution >= 0.6 is 34.7 Å². The number of halogens is 1. The van der Waals surface area contributed by atoms with Crippen LogP contribution in [0.25, 0.3) is 0 Å². The minimum atomic E-state index is -3.85. The Morgan fingerprint density at radius 3 is 2.63 bits per heavy atom.